The molecule has 3 N–H and O–H groups in total. The summed E-state index contributed by atoms with van der Waals surface area (Å²) >= 11 is 0. The van der Waals surface area contributed by atoms with E-state index in [0.717, 1.165) is 19.3 Å². The first-order valence-electron chi connectivity index (χ1n) is 10.7. The van der Waals surface area contributed by atoms with Gasteiger partial charge in [0, 0.05) is 12.0 Å². The van der Waals surface area contributed by atoms with Gasteiger partial charge in [0.15, 0.2) is 0 Å². The van der Waals surface area contributed by atoms with Gasteiger partial charge in [0.2, 0.25) is 0 Å². The Balaban J connectivity index is 1.62. The summed E-state index contributed by atoms with van der Waals surface area (Å²) in [5.74, 6) is 0.106. The fraction of sp³-hybridized carbons (Fsp3) is 0.583. The van der Waals surface area contributed by atoms with Crippen molar-refractivity contribution in [2.45, 2.75) is 58.5 Å². The Morgan fingerprint density at radius 3 is 2.67 bits per heavy atom. The van der Waals surface area contributed by atoms with E-state index in [1.54, 1.807) is 13.0 Å². The van der Waals surface area contributed by atoms with E-state index in [1.165, 1.54) is 18.2 Å². The zero-order valence-electron chi connectivity index (χ0n) is 17.9. The number of rotatable bonds is 6. The molecule has 5 atom stereocenters. The first kappa shape index (κ1) is 22.3. The molecule has 0 aliphatic heterocycles. The largest absolute Gasteiger partial charge is 0.508 e. The monoisotopic (exact) mass is 416 g/mol. The van der Waals surface area contributed by atoms with E-state index in [2.05, 4.69) is 13.0 Å². The minimum absolute atomic E-state index is 0.0248. The van der Waals surface area contributed by atoms with Gasteiger partial charge in [0.1, 0.15) is 17.3 Å². The fourth-order valence-corrected chi connectivity index (χ4v) is 5.14. The van der Waals surface area contributed by atoms with Crippen molar-refractivity contribution in [2.24, 2.45) is 23.2 Å². The van der Waals surface area contributed by atoms with Crippen LogP contribution in [0.4, 0.5) is 0 Å². The van der Waals surface area contributed by atoms with E-state index in [0.29, 0.717) is 5.92 Å². The standard InChI is InChI=1S/C24H32O6/c1-15-4-6-19-16(12-15)8-10-23(2,29)24(19,3)21(27)9-11-30-22(28)14-17-13-18(25)5-7-20(17)26/h5,7-8,10,13,15-16,19,25-26,29H,4,6,9,11-12,14H2,1-3H3. The van der Waals surface area contributed by atoms with Crippen LogP contribution >= 0.6 is 0 Å². The van der Waals surface area contributed by atoms with Crippen molar-refractivity contribution in [3.63, 3.8) is 0 Å². The molecule has 0 amide bonds. The molecular formula is C24H32O6. The van der Waals surface area contributed by atoms with E-state index < -0.39 is 17.0 Å². The number of fused-ring (bicyclic) bond motifs is 1. The topological polar surface area (TPSA) is 104 Å². The number of hydrogen-bond donors (Lipinski definition) is 3. The fourth-order valence-electron chi connectivity index (χ4n) is 5.14. The first-order valence-corrected chi connectivity index (χ1v) is 10.7. The van der Waals surface area contributed by atoms with Crippen LogP contribution in [0.25, 0.3) is 0 Å². The molecule has 5 unspecified atom stereocenters. The molecule has 0 heterocycles. The van der Waals surface area contributed by atoms with Crippen molar-refractivity contribution in [3.05, 3.63) is 35.9 Å². The zero-order valence-corrected chi connectivity index (χ0v) is 17.9. The maximum absolute atomic E-state index is 13.3. The molecular weight excluding hydrogens is 384 g/mol. The number of carbonyl (C=O) groups excluding carboxylic acids is 2. The Kier molecular flexibility index (Phi) is 6.27. The lowest BCUT2D eigenvalue weighted by atomic mass is 9.52. The Bertz CT molecular complexity index is 842. The van der Waals surface area contributed by atoms with Crippen molar-refractivity contribution in [1.29, 1.82) is 0 Å². The Morgan fingerprint density at radius 2 is 1.93 bits per heavy atom. The molecule has 1 aromatic carbocycles. The van der Waals surface area contributed by atoms with Gasteiger partial charge in [-0.3, -0.25) is 9.59 Å². The second-order valence-electron chi connectivity index (χ2n) is 9.28. The van der Waals surface area contributed by atoms with Crippen molar-refractivity contribution in [3.8, 4) is 11.5 Å². The normalized spacial score (nSPS) is 33.0. The lowest BCUT2D eigenvalue weighted by molar-refractivity contribution is -0.155. The highest BCUT2D eigenvalue weighted by Crippen LogP contribution is 2.54. The minimum atomic E-state index is -1.25. The summed E-state index contributed by atoms with van der Waals surface area (Å²) in [4.78, 5) is 25.4. The van der Waals surface area contributed by atoms with Crippen LogP contribution in [0.5, 0.6) is 11.5 Å². The van der Waals surface area contributed by atoms with Gasteiger partial charge in [0.05, 0.1) is 24.0 Å². The Morgan fingerprint density at radius 1 is 1.20 bits per heavy atom. The molecule has 0 saturated heterocycles. The molecule has 0 aromatic heterocycles. The molecule has 1 saturated carbocycles. The number of benzene rings is 1. The molecule has 0 radical (unpaired) electrons. The number of esters is 1. The van der Waals surface area contributed by atoms with Crippen LogP contribution in [0.2, 0.25) is 0 Å². The third-order valence-corrected chi connectivity index (χ3v) is 7.19. The van der Waals surface area contributed by atoms with Gasteiger partial charge in [-0.15, -0.1) is 0 Å². The number of aromatic hydroxyl groups is 2. The Labute approximate surface area is 177 Å². The highest BCUT2D eigenvalue weighted by molar-refractivity contribution is 5.87. The van der Waals surface area contributed by atoms with Crippen LogP contribution in [-0.4, -0.2) is 39.3 Å². The molecule has 3 rings (SSSR count). The second kappa shape index (κ2) is 8.42. The second-order valence-corrected chi connectivity index (χ2v) is 9.28. The number of Topliss-reactive ketones (excluding diaryl/α,β-unsaturated/α-hetero) is 1. The number of ketones is 1. The van der Waals surface area contributed by atoms with E-state index in [-0.39, 0.29) is 54.1 Å². The number of hydrogen-bond acceptors (Lipinski definition) is 6. The van der Waals surface area contributed by atoms with Crippen LogP contribution in [0, 0.1) is 23.2 Å². The van der Waals surface area contributed by atoms with Gasteiger partial charge >= 0.3 is 5.97 Å². The number of aliphatic hydroxyl groups is 1. The van der Waals surface area contributed by atoms with Gasteiger partial charge in [-0.1, -0.05) is 25.5 Å². The summed E-state index contributed by atoms with van der Waals surface area (Å²) in [5.41, 5.74) is -1.91. The predicted molar refractivity (Wildman–Crippen MR) is 112 cm³/mol. The van der Waals surface area contributed by atoms with Crippen molar-refractivity contribution in [2.75, 3.05) is 6.61 Å². The van der Waals surface area contributed by atoms with Crippen LogP contribution in [0.1, 0.15) is 52.0 Å². The predicted octanol–water partition coefficient (Wildman–Crippen LogP) is 3.52. The maximum Gasteiger partial charge on any atom is 0.310 e. The molecule has 1 fully saturated rings. The molecule has 164 valence electrons. The number of allylic oxidation sites excluding steroid dienone is 1. The zero-order chi connectivity index (χ0) is 22.1. The quantitative estimate of drug-likeness (QED) is 0.372. The molecule has 0 bridgehead atoms. The number of phenols is 2. The van der Waals surface area contributed by atoms with Gasteiger partial charge in [0.25, 0.3) is 0 Å². The lowest BCUT2D eigenvalue weighted by Crippen LogP contribution is -2.57. The van der Waals surface area contributed by atoms with Crippen LogP contribution in [0.15, 0.2) is 30.4 Å². The molecule has 30 heavy (non-hydrogen) atoms. The smallest absolute Gasteiger partial charge is 0.310 e. The summed E-state index contributed by atoms with van der Waals surface area (Å²) in [7, 11) is 0. The molecule has 0 spiro atoms. The number of phenolic OH excluding ortho intramolecular Hbond substituents is 2. The lowest BCUT2D eigenvalue weighted by Gasteiger charge is -2.53. The minimum Gasteiger partial charge on any atom is -0.508 e. The van der Waals surface area contributed by atoms with Crippen molar-refractivity contribution < 1.29 is 29.6 Å². The summed E-state index contributed by atoms with van der Waals surface area (Å²) < 4.78 is 5.22. The van der Waals surface area contributed by atoms with Crippen LogP contribution in [-0.2, 0) is 20.7 Å². The van der Waals surface area contributed by atoms with E-state index >= 15 is 0 Å². The summed E-state index contributed by atoms with van der Waals surface area (Å²) in [6.45, 7) is 5.67. The molecule has 6 nitrogen and oxygen atoms in total. The SMILES string of the molecule is CC1CCC2C(C=CC(C)(O)C2(C)C(=O)CCOC(=O)Cc2cc(O)ccc2O)C1. The Hall–Kier alpha value is -2.34. The van der Waals surface area contributed by atoms with E-state index in [9.17, 15) is 24.9 Å². The molecule has 2 aliphatic rings. The molecule has 2 aliphatic carbocycles. The summed E-state index contributed by atoms with van der Waals surface area (Å²) in [6, 6.07) is 3.94. The van der Waals surface area contributed by atoms with Gasteiger partial charge in [-0.2, -0.15) is 0 Å². The average molecular weight is 417 g/mol. The summed E-state index contributed by atoms with van der Waals surface area (Å²) in [5, 5.41) is 30.3. The number of ether oxygens (including phenoxy) is 1. The van der Waals surface area contributed by atoms with E-state index in [4.69, 9.17) is 4.74 Å². The van der Waals surface area contributed by atoms with Crippen molar-refractivity contribution >= 4 is 11.8 Å². The third kappa shape index (κ3) is 4.24. The van der Waals surface area contributed by atoms with E-state index in [1.807, 2.05) is 6.92 Å². The van der Waals surface area contributed by atoms with Gasteiger partial charge < -0.3 is 20.1 Å². The number of carbonyl (C=O) groups is 2. The van der Waals surface area contributed by atoms with Gasteiger partial charge in [-0.05, 0) is 62.6 Å². The maximum atomic E-state index is 13.3. The molecule has 1 aromatic rings. The van der Waals surface area contributed by atoms with Crippen molar-refractivity contribution in [1.82, 2.24) is 0 Å². The average Bonchev–Trinajstić information content (AvgIpc) is 2.67. The first-order chi connectivity index (χ1) is 14.0. The third-order valence-electron chi connectivity index (χ3n) is 7.19. The van der Waals surface area contributed by atoms with Crippen LogP contribution < -0.4 is 0 Å². The highest BCUT2D eigenvalue weighted by Gasteiger charge is 2.56. The van der Waals surface area contributed by atoms with Crippen LogP contribution in [0.3, 0.4) is 0 Å². The van der Waals surface area contributed by atoms with Gasteiger partial charge in [-0.25, -0.2) is 0 Å². The highest BCUT2D eigenvalue weighted by atomic mass is 16.5. The molecule has 6 heteroatoms. The summed E-state index contributed by atoms with van der Waals surface area (Å²) in [6.07, 6.45) is 6.60.